The minimum atomic E-state index is -0.695. The van der Waals surface area contributed by atoms with E-state index in [0.29, 0.717) is 50.1 Å². The molecule has 0 saturated carbocycles. The van der Waals surface area contributed by atoms with E-state index in [-0.39, 0.29) is 30.2 Å². The Morgan fingerprint density at radius 1 is 0.914 bits per heavy atom. The Morgan fingerprint density at radius 3 is 2.26 bits per heavy atom. The van der Waals surface area contributed by atoms with E-state index >= 15 is 0 Å². The van der Waals surface area contributed by atoms with Crippen molar-refractivity contribution in [1.82, 2.24) is 15.5 Å². The van der Waals surface area contributed by atoms with Crippen molar-refractivity contribution in [3.8, 4) is 0 Å². The average molecular weight is 474 g/mol. The third-order valence-electron chi connectivity index (χ3n) is 6.46. The minimum Gasteiger partial charge on any atom is -0.467 e. The van der Waals surface area contributed by atoms with Crippen molar-refractivity contribution in [2.75, 3.05) is 13.1 Å². The summed E-state index contributed by atoms with van der Waals surface area (Å²) < 4.78 is 5.31. The van der Waals surface area contributed by atoms with Crippen LogP contribution >= 0.6 is 0 Å². The molecule has 3 amide bonds. The lowest BCUT2D eigenvalue weighted by Crippen LogP contribution is -2.53. The number of likely N-dealkylation sites (tertiary alicyclic amines) is 1. The number of piperidine rings is 1. The van der Waals surface area contributed by atoms with Gasteiger partial charge in [-0.25, -0.2) is 0 Å². The Bertz CT molecular complexity index is 1090. The topological polar surface area (TPSA) is 91.7 Å². The van der Waals surface area contributed by atoms with Crippen molar-refractivity contribution in [2.24, 2.45) is 5.92 Å². The van der Waals surface area contributed by atoms with Gasteiger partial charge in [0.15, 0.2) is 0 Å². The number of nitrogens with one attached hydrogen (secondary N) is 2. The van der Waals surface area contributed by atoms with Crippen LogP contribution in [0.25, 0.3) is 0 Å². The monoisotopic (exact) mass is 473 g/mol. The fraction of sp³-hybridized carbons (Fsp3) is 0.321. The molecule has 0 radical (unpaired) electrons. The number of benzene rings is 2. The highest BCUT2D eigenvalue weighted by molar-refractivity contribution is 5.97. The van der Waals surface area contributed by atoms with E-state index in [1.54, 1.807) is 42.7 Å². The van der Waals surface area contributed by atoms with Gasteiger partial charge in [-0.05, 0) is 55.0 Å². The van der Waals surface area contributed by atoms with E-state index in [4.69, 9.17) is 4.42 Å². The molecule has 1 unspecified atom stereocenters. The summed E-state index contributed by atoms with van der Waals surface area (Å²) in [4.78, 5) is 40.6. The van der Waals surface area contributed by atoms with Crippen LogP contribution in [-0.4, -0.2) is 41.8 Å². The summed E-state index contributed by atoms with van der Waals surface area (Å²) in [5.74, 6) is 0.159. The van der Waals surface area contributed by atoms with Gasteiger partial charge in [-0.2, -0.15) is 0 Å². The standard InChI is InChI=1S/C28H31N3O4/c32-25(14-13-21-8-3-1-4-9-21)31-17-15-22(16-18-31)26(28(34)29-20-24-12-7-19-35-24)30-27(33)23-10-5-2-6-11-23/h1-12,19,22,26H,13-18,20H2,(H,29,34)(H,30,33). The van der Waals surface area contributed by atoms with Gasteiger partial charge < -0.3 is 20.0 Å². The third kappa shape index (κ3) is 6.82. The molecule has 0 spiro atoms. The molecule has 2 N–H and O–H groups in total. The van der Waals surface area contributed by atoms with Gasteiger partial charge in [-0.15, -0.1) is 0 Å². The van der Waals surface area contributed by atoms with Gasteiger partial charge in [0, 0.05) is 25.1 Å². The molecular formula is C28H31N3O4. The summed E-state index contributed by atoms with van der Waals surface area (Å²) in [7, 11) is 0. The summed E-state index contributed by atoms with van der Waals surface area (Å²) in [5, 5.41) is 5.82. The number of aryl methyl sites for hydroxylation is 1. The molecule has 1 aliphatic heterocycles. The maximum atomic E-state index is 13.1. The lowest BCUT2D eigenvalue weighted by molar-refractivity contribution is -0.133. The maximum absolute atomic E-state index is 13.1. The first-order chi connectivity index (χ1) is 17.1. The van der Waals surface area contributed by atoms with Crippen LogP contribution in [0.5, 0.6) is 0 Å². The van der Waals surface area contributed by atoms with E-state index in [1.807, 2.05) is 41.3 Å². The van der Waals surface area contributed by atoms with Crippen molar-refractivity contribution in [3.05, 3.63) is 95.9 Å². The molecule has 35 heavy (non-hydrogen) atoms. The summed E-state index contributed by atoms with van der Waals surface area (Å²) in [6.07, 6.45) is 4.02. The molecule has 4 rings (SSSR count). The zero-order valence-electron chi connectivity index (χ0n) is 19.7. The molecule has 7 nitrogen and oxygen atoms in total. The van der Waals surface area contributed by atoms with Gasteiger partial charge in [0.1, 0.15) is 11.8 Å². The Kier molecular flexibility index (Phi) is 8.33. The maximum Gasteiger partial charge on any atom is 0.251 e. The minimum absolute atomic E-state index is 0.0718. The fourth-order valence-corrected chi connectivity index (χ4v) is 4.45. The highest BCUT2D eigenvalue weighted by Crippen LogP contribution is 2.23. The molecule has 1 fully saturated rings. The largest absolute Gasteiger partial charge is 0.467 e. The number of carbonyl (C=O) groups is 3. The zero-order valence-corrected chi connectivity index (χ0v) is 19.7. The summed E-state index contributed by atoms with van der Waals surface area (Å²) >= 11 is 0. The number of rotatable bonds is 9. The van der Waals surface area contributed by atoms with Crippen molar-refractivity contribution in [2.45, 2.75) is 38.3 Å². The van der Waals surface area contributed by atoms with E-state index < -0.39 is 6.04 Å². The molecule has 0 bridgehead atoms. The van der Waals surface area contributed by atoms with Crippen LogP contribution < -0.4 is 10.6 Å². The SMILES string of the molecule is O=C(NC(C(=O)NCc1ccco1)C1CCN(C(=O)CCc2ccccc2)CC1)c1ccccc1. The number of carbonyl (C=O) groups excluding carboxylic acids is 3. The van der Waals surface area contributed by atoms with E-state index in [0.717, 1.165) is 5.56 Å². The molecule has 2 heterocycles. The molecule has 7 heteroatoms. The van der Waals surface area contributed by atoms with Crippen molar-refractivity contribution in [1.29, 1.82) is 0 Å². The summed E-state index contributed by atoms with van der Waals surface area (Å²) in [5.41, 5.74) is 1.65. The summed E-state index contributed by atoms with van der Waals surface area (Å²) in [6, 6.07) is 21.7. The van der Waals surface area contributed by atoms with Gasteiger partial charge in [0.2, 0.25) is 11.8 Å². The molecule has 0 aliphatic carbocycles. The normalized spacial score (nSPS) is 14.8. The Balaban J connectivity index is 1.35. The summed E-state index contributed by atoms with van der Waals surface area (Å²) in [6.45, 7) is 1.39. The number of nitrogens with zero attached hydrogens (tertiary/aromatic N) is 1. The van der Waals surface area contributed by atoms with Gasteiger partial charge >= 0.3 is 0 Å². The highest BCUT2D eigenvalue weighted by Gasteiger charge is 2.34. The number of furan rings is 1. The van der Waals surface area contributed by atoms with Crippen LogP contribution in [0.15, 0.2) is 83.5 Å². The molecule has 1 aliphatic rings. The van der Waals surface area contributed by atoms with Gasteiger partial charge in [-0.1, -0.05) is 48.5 Å². The smallest absolute Gasteiger partial charge is 0.251 e. The van der Waals surface area contributed by atoms with Gasteiger partial charge in [0.25, 0.3) is 5.91 Å². The van der Waals surface area contributed by atoms with E-state index in [2.05, 4.69) is 10.6 Å². The molecule has 2 aromatic carbocycles. The molecule has 1 aromatic heterocycles. The van der Waals surface area contributed by atoms with Crippen LogP contribution in [0.2, 0.25) is 0 Å². The predicted molar refractivity (Wildman–Crippen MR) is 132 cm³/mol. The Labute approximate surface area is 205 Å². The second kappa shape index (κ2) is 12.0. The number of amides is 3. The quantitative estimate of drug-likeness (QED) is 0.497. The molecular weight excluding hydrogens is 442 g/mol. The average Bonchev–Trinajstić information content (AvgIpc) is 3.44. The first kappa shape index (κ1) is 24.3. The molecule has 1 atom stereocenters. The van der Waals surface area contributed by atoms with Crippen molar-refractivity contribution >= 4 is 17.7 Å². The first-order valence-electron chi connectivity index (χ1n) is 12.1. The van der Waals surface area contributed by atoms with Crippen LogP contribution in [0.4, 0.5) is 0 Å². The number of hydrogen-bond donors (Lipinski definition) is 2. The van der Waals surface area contributed by atoms with Crippen LogP contribution in [-0.2, 0) is 22.6 Å². The first-order valence-corrected chi connectivity index (χ1v) is 12.1. The Hall–Kier alpha value is -3.87. The highest BCUT2D eigenvalue weighted by atomic mass is 16.3. The third-order valence-corrected chi connectivity index (χ3v) is 6.46. The molecule has 1 saturated heterocycles. The number of hydrogen-bond acceptors (Lipinski definition) is 4. The fourth-order valence-electron chi connectivity index (χ4n) is 4.45. The van der Waals surface area contributed by atoms with Gasteiger partial charge in [0.05, 0.1) is 12.8 Å². The second-order valence-electron chi connectivity index (χ2n) is 8.82. The lowest BCUT2D eigenvalue weighted by atomic mass is 9.88. The van der Waals surface area contributed by atoms with E-state index in [9.17, 15) is 14.4 Å². The van der Waals surface area contributed by atoms with Crippen molar-refractivity contribution in [3.63, 3.8) is 0 Å². The zero-order chi connectivity index (χ0) is 24.5. The molecule has 3 aromatic rings. The van der Waals surface area contributed by atoms with Crippen molar-refractivity contribution < 1.29 is 18.8 Å². The van der Waals surface area contributed by atoms with E-state index in [1.165, 1.54) is 0 Å². The predicted octanol–water partition coefficient (Wildman–Crippen LogP) is 3.57. The lowest BCUT2D eigenvalue weighted by Gasteiger charge is -2.36. The van der Waals surface area contributed by atoms with Crippen LogP contribution in [0.1, 0.15) is 40.9 Å². The molecule has 182 valence electrons. The van der Waals surface area contributed by atoms with Crippen LogP contribution in [0, 0.1) is 5.92 Å². The second-order valence-corrected chi connectivity index (χ2v) is 8.82. The van der Waals surface area contributed by atoms with Gasteiger partial charge in [-0.3, -0.25) is 14.4 Å². The Morgan fingerprint density at radius 2 is 1.60 bits per heavy atom. The van der Waals surface area contributed by atoms with Crippen LogP contribution in [0.3, 0.4) is 0 Å².